The molecule has 0 unspecified atom stereocenters. The Kier molecular flexibility index (Phi) is 4.16. The van der Waals surface area contributed by atoms with Gasteiger partial charge in [-0.3, -0.25) is 5.10 Å². The molecule has 3 aromatic rings. The van der Waals surface area contributed by atoms with Gasteiger partial charge in [0.1, 0.15) is 5.02 Å². The maximum atomic E-state index is 11.6. The first-order valence-corrected chi connectivity index (χ1v) is 10.3. The molecule has 136 valence electrons. The van der Waals surface area contributed by atoms with Crippen LogP contribution >= 0.6 is 11.6 Å². The normalized spacial score (nSPS) is 14.4. The van der Waals surface area contributed by atoms with E-state index in [-0.39, 0.29) is 6.32 Å². The number of rotatable bonds is 5. The number of nitrogens with zero attached hydrogens (tertiary/aromatic N) is 3. The molecule has 0 amide bonds. The van der Waals surface area contributed by atoms with Crippen LogP contribution in [0.15, 0.2) is 41.4 Å². The summed E-state index contributed by atoms with van der Waals surface area (Å²) < 4.78 is 23.1. The molecule has 9 heteroatoms. The number of hydrogen-bond donors (Lipinski definition) is 2. The van der Waals surface area contributed by atoms with Gasteiger partial charge >= 0.3 is 0 Å². The third-order valence-corrected chi connectivity index (χ3v) is 5.55. The summed E-state index contributed by atoms with van der Waals surface area (Å²) in [6.07, 6.45) is 5.04. The minimum absolute atomic E-state index is 0. The van der Waals surface area contributed by atoms with E-state index in [4.69, 9.17) is 11.6 Å². The van der Waals surface area contributed by atoms with Crippen molar-refractivity contribution >= 4 is 33.1 Å². The van der Waals surface area contributed by atoms with Crippen molar-refractivity contribution in [2.75, 3.05) is 11.6 Å². The molecule has 1 fully saturated rings. The van der Waals surface area contributed by atoms with Gasteiger partial charge in [0.05, 0.1) is 11.1 Å². The van der Waals surface area contributed by atoms with E-state index >= 15 is 0 Å². The zero-order valence-electron chi connectivity index (χ0n) is 13.9. The monoisotopic (exact) mass is 391 g/mol. The lowest BCUT2D eigenvalue weighted by atomic mass is 10.2. The van der Waals surface area contributed by atoms with Gasteiger partial charge in [0.2, 0.25) is 0 Å². The van der Waals surface area contributed by atoms with Crippen LogP contribution in [0.25, 0.3) is 11.4 Å². The van der Waals surface area contributed by atoms with E-state index in [0.29, 0.717) is 34.0 Å². The van der Waals surface area contributed by atoms with Crippen molar-refractivity contribution in [3.05, 3.63) is 47.2 Å². The number of benzene rings is 1. The van der Waals surface area contributed by atoms with Crippen LogP contribution in [0, 0.1) is 0 Å². The molecule has 2 aromatic heterocycles. The third kappa shape index (κ3) is 3.56. The van der Waals surface area contributed by atoms with Crippen LogP contribution in [0.1, 0.15) is 25.9 Å². The van der Waals surface area contributed by atoms with Gasteiger partial charge in [-0.25, -0.2) is 18.4 Å². The molecule has 4 rings (SSSR count). The Balaban J connectivity index is 0.00000210. The Labute approximate surface area is 157 Å². The molecule has 1 saturated carbocycles. The number of nitrogens with one attached hydrogen (secondary N) is 2. The number of aromatic amines is 1. The summed E-state index contributed by atoms with van der Waals surface area (Å²) >= 11 is 6.20. The van der Waals surface area contributed by atoms with Crippen molar-refractivity contribution in [1.29, 1.82) is 0 Å². The van der Waals surface area contributed by atoms with Gasteiger partial charge in [-0.05, 0) is 37.1 Å². The van der Waals surface area contributed by atoms with Gasteiger partial charge in [-0.1, -0.05) is 11.6 Å². The van der Waals surface area contributed by atoms with E-state index in [1.807, 2.05) is 6.07 Å². The molecule has 0 radical (unpaired) electrons. The summed E-state index contributed by atoms with van der Waals surface area (Å²) in [4.78, 5) is 8.92. The first-order valence-electron chi connectivity index (χ1n) is 8.05. The van der Waals surface area contributed by atoms with Gasteiger partial charge in [0.25, 0.3) is 0 Å². The van der Waals surface area contributed by atoms with E-state index in [2.05, 4.69) is 25.5 Å². The van der Waals surface area contributed by atoms with Crippen LogP contribution in [0.2, 0.25) is 5.02 Å². The second kappa shape index (κ2) is 6.37. The smallest absolute Gasteiger partial charge is 0.175 e. The standard InChI is InChI=1S/C17H16ClN5O2S.H2/c1-26(24,25)12-6-4-11(5-7-12)16-19-9-13(18)17(21-16)20-15-8-14(22-23-15)10-2-3-10;/h4-10H,2-3H2,1H3,(H2,19,20,21,22,23);1H. The number of H-pyrrole nitrogens is 1. The van der Waals surface area contributed by atoms with Gasteiger partial charge < -0.3 is 5.32 Å². The number of halogens is 1. The first kappa shape index (κ1) is 17.0. The summed E-state index contributed by atoms with van der Waals surface area (Å²) in [5.41, 5.74) is 1.80. The van der Waals surface area contributed by atoms with Gasteiger partial charge in [-0.15, -0.1) is 0 Å². The second-order valence-corrected chi connectivity index (χ2v) is 8.72. The molecule has 0 bridgehead atoms. The summed E-state index contributed by atoms with van der Waals surface area (Å²) in [6, 6.07) is 8.36. The molecule has 0 spiro atoms. The average Bonchev–Trinajstić information content (AvgIpc) is 3.36. The van der Waals surface area contributed by atoms with E-state index in [1.54, 1.807) is 12.1 Å². The number of anilines is 2. The van der Waals surface area contributed by atoms with Gasteiger partial charge in [0, 0.05) is 30.9 Å². The fourth-order valence-electron chi connectivity index (χ4n) is 2.57. The van der Waals surface area contributed by atoms with Crippen molar-refractivity contribution in [1.82, 2.24) is 20.2 Å². The Morgan fingerprint density at radius 2 is 2.00 bits per heavy atom. The predicted octanol–water partition coefficient (Wildman–Crippen LogP) is 3.79. The minimum atomic E-state index is -3.24. The lowest BCUT2D eigenvalue weighted by molar-refractivity contribution is 0.602. The Bertz CT molecular complexity index is 1070. The predicted molar refractivity (Wildman–Crippen MR) is 102 cm³/mol. The topological polar surface area (TPSA) is 101 Å². The fraction of sp³-hybridized carbons (Fsp3) is 0.235. The Morgan fingerprint density at radius 1 is 1.27 bits per heavy atom. The zero-order chi connectivity index (χ0) is 18.3. The largest absolute Gasteiger partial charge is 0.322 e. The lowest BCUT2D eigenvalue weighted by Crippen LogP contribution is -1.99. The second-order valence-electron chi connectivity index (χ2n) is 6.29. The highest BCUT2D eigenvalue weighted by Crippen LogP contribution is 2.39. The molecular weight excluding hydrogens is 374 g/mol. The van der Waals surface area contributed by atoms with Crippen LogP contribution in [0.5, 0.6) is 0 Å². The summed E-state index contributed by atoms with van der Waals surface area (Å²) in [6.45, 7) is 0. The highest BCUT2D eigenvalue weighted by atomic mass is 35.5. The number of aromatic nitrogens is 4. The third-order valence-electron chi connectivity index (χ3n) is 4.15. The van der Waals surface area contributed by atoms with Crippen molar-refractivity contribution in [2.24, 2.45) is 0 Å². The molecule has 0 atom stereocenters. The number of sulfone groups is 1. The van der Waals surface area contributed by atoms with E-state index in [1.165, 1.54) is 37.4 Å². The van der Waals surface area contributed by atoms with E-state index < -0.39 is 9.84 Å². The summed E-state index contributed by atoms with van der Waals surface area (Å²) in [5.74, 6) is 2.10. The molecule has 7 nitrogen and oxygen atoms in total. The lowest BCUT2D eigenvalue weighted by Gasteiger charge is -2.07. The molecule has 0 aliphatic heterocycles. The molecule has 1 aliphatic carbocycles. The van der Waals surface area contributed by atoms with Crippen LogP contribution in [0.3, 0.4) is 0 Å². The molecule has 2 N–H and O–H groups in total. The summed E-state index contributed by atoms with van der Waals surface area (Å²) in [7, 11) is -3.24. The van der Waals surface area contributed by atoms with Crippen molar-refractivity contribution < 1.29 is 9.84 Å². The SMILES string of the molecule is CS(=O)(=O)c1ccc(-c2ncc(Cl)c(Nc3cc(C4CC4)[nH]n3)n2)cc1.[HH]. The average molecular weight is 392 g/mol. The van der Waals surface area contributed by atoms with Crippen LogP contribution in [-0.2, 0) is 9.84 Å². The molecule has 26 heavy (non-hydrogen) atoms. The first-order chi connectivity index (χ1) is 12.4. The highest BCUT2D eigenvalue weighted by molar-refractivity contribution is 7.90. The van der Waals surface area contributed by atoms with Gasteiger partial charge in [-0.2, -0.15) is 5.10 Å². The number of hydrogen-bond acceptors (Lipinski definition) is 6. The Morgan fingerprint density at radius 3 is 2.65 bits per heavy atom. The van der Waals surface area contributed by atoms with Crippen molar-refractivity contribution in [3.63, 3.8) is 0 Å². The summed E-state index contributed by atoms with van der Waals surface area (Å²) in [5, 5.41) is 10.7. The van der Waals surface area contributed by atoms with Crippen LogP contribution in [0.4, 0.5) is 11.6 Å². The fourth-order valence-corrected chi connectivity index (χ4v) is 3.34. The zero-order valence-corrected chi connectivity index (χ0v) is 15.5. The van der Waals surface area contributed by atoms with Crippen LogP contribution < -0.4 is 5.32 Å². The van der Waals surface area contributed by atoms with E-state index in [9.17, 15) is 8.42 Å². The van der Waals surface area contributed by atoms with Crippen LogP contribution in [-0.4, -0.2) is 34.8 Å². The molecular formula is C17H18ClN5O2S. The van der Waals surface area contributed by atoms with Crippen molar-refractivity contribution in [2.45, 2.75) is 23.7 Å². The highest BCUT2D eigenvalue weighted by Gasteiger charge is 2.25. The molecule has 1 aromatic carbocycles. The van der Waals surface area contributed by atoms with Crippen molar-refractivity contribution in [3.8, 4) is 11.4 Å². The molecule has 2 heterocycles. The molecule has 0 saturated heterocycles. The minimum Gasteiger partial charge on any atom is -0.322 e. The quantitative estimate of drug-likeness (QED) is 0.686. The Hall–Kier alpha value is -2.45. The molecule has 1 aliphatic rings. The van der Waals surface area contributed by atoms with E-state index in [0.717, 1.165) is 5.69 Å². The maximum absolute atomic E-state index is 11.6. The van der Waals surface area contributed by atoms with Gasteiger partial charge in [0.15, 0.2) is 27.3 Å². The maximum Gasteiger partial charge on any atom is 0.175 e.